The zero-order chi connectivity index (χ0) is 13.7. The fourth-order valence-corrected chi connectivity index (χ4v) is 2.11. The summed E-state index contributed by atoms with van der Waals surface area (Å²) in [4.78, 5) is 12.3. The number of hydrogen-bond acceptors (Lipinski definition) is 4. The number of rotatable bonds is 6. The fourth-order valence-electron chi connectivity index (χ4n) is 1.58. The van der Waals surface area contributed by atoms with Crippen LogP contribution in [0.3, 0.4) is 0 Å². The van der Waals surface area contributed by atoms with Crippen molar-refractivity contribution in [3.63, 3.8) is 0 Å². The van der Waals surface area contributed by atoms with E-state index in [0.717, 1.165) is 15.9 Å². The van der Waals surface area contributed by atoms with Crippen LogP contribution >= 0.6 is 15.9 Å². The Balaban J connectivity index is 2.69. The highest BCUT2D eigenvalue weighted by Crippen LogP contribution is 2.29. The Hall–Kier alpha value is -1.27. The number of nitrogens with zero attached hydrogens (tertiary/aromatic N) is 1. The Morgan fingerprint density at radius 3 is 2.72 bits per heavy atom. The molecule has 1 aromatic rings. The van der Waals surface area contributed by atoms with Gasteiger partial charge in [0.15, 0.2) is 0 Å². The van der Waals surface area contributed by atoms with Gasteiger partial charge in [-0.2, -0.15) is 0 Å². The Bertz CT molecular complexity index is 425. The maximum atomic E-state index is 10.5. The van der Waals surface area contributed by atoms with E-state index in [1.165, 1.54) is 0 Å². The van der Waals surface area contributed by atoms with E-state index in [1.807, 2.05) is 12.1 Å². The molecule has 0 fully saturated rings. The maximum Gasteiger partial charge on any atom is 0.306 e. The van der Waals surface area contributed by atoms with Crippen molar-refractivity contribution in [2.75, 3.05) is 25.6 Å². The second-order valence-corrected chi connectivity index (χ2v) is 4.81. The lowest BCUT2D eigenvalue weighted by atomic mass is 10.2. The van der Waals surface area contributed by atoms with Gasteiger partial charge in [0.1, 0.15) is 5.75 Å². The molecule has 1 atom stereocenters. The first kappa shape index (κ1) is 14.8. The third kappa shape index (κ3) is 4.19. The Morgan fingerprint density at radius 2 is 2.22 bits per heavy atom. The molecule has 0 aliphatic carbocycles. The van der Waals surface area contributed by atoms with Crippen molar-refractivity contribution >= 4 is 27.6 Å². The van der Waals surface area contributed by atoms with Crippen molar-refractivity contribution in [3.8, 4) is 5.75 Å². The Morgan fingerprint density at radius 1 is 1.56 bits per heavy atom. The van der Waals surface area contributed by atoms with Crippen LogP contribution in [0.5, 0.6) is 5.75 Å². The van der Waals surface area contributed by atoms with Gasteiger partial charge < -0.3 is 19.8 Å². The highest BCUT2D eigenvalue weighted by molar-refractivity contribution is 9.10. The van der Waals surface area contributed by atoms with E-state index in [2.05, 4.69) is 15.9 Å². The summed E-state index contributed by atoms with van der Waals surface area (Å²) in [5, 5.41) is 18.1. The summed E-state index contributed by atoms with van der Waals surface area (Å²) < 4.78 is 5.93. The predicted octanol–water partition coefficient (Wildman–Crippen LogP) is 1.73. The van der Waals surface area contributed by atoms with Crippen molar-refractivity contribution in [2.45, 2.75) is 12.5 Å². The van der Waals surface area contributed by atoms with E-state index < -0.39 is 12.1 Å². The first-order chi connectivity index (χ1) is 8.43. The highest BCUT2D eigenvalue weighted by Gasteiger charge is 2.13. The zero-order valence-corrected chi connectivity index (χ0v) is 11.8. The number of likely N-dealkylation sites (N-methyl/N-ethyl adjacent to an activating group) is 1. The molecule has 0 aliphatic heterocycles. The fraction of sp³-hybridized carbons (Fsp3) is 0.417. The third-order valence-electron chi connectivity index (χ3n) is 2.47. The van der Waals surface area contributed by atoms with Crippen molar-refractivity contribution in [1.82, 2.24) is 0 Å². The number of aliphatic hydroxyl groups is 1. The molecule has 0 radical (unpaired) electrons. The molecule has 100 valence electrons. The second-order valence-electron chi connectivity index (χ2n) is 3.95. The Labute approximate surface area is 114 Å². The number of carbonyl (C=O) groups is 1. The molecule has 0 aliphatic rings. The molecule has 5 nitrogen and oxygen atoms in total. The SMILES string of the molecule is COc1ccc(N(C)CC(O)CC(=O)O)cc1Br. The normalized spacial score (nSPS) is 12.0. The average molecular weight is 318 g/mol. The van der Waals surface area contributed by atoms with Crippen molar-refractivity contribution in [3.05, 3.63) is 22.7 Å². The van der Waals surface area contributed by atoms with Crippen molar-refractivity contribution in [2.24, 2.45) is 0 Å². The molecule has 1 unspecified atom stereocenters. The minimum Gasteiger partial charge on any atom is -0.496 e. The number of halogens is 1. The molecule has 0 aromatic heterocycles. The lowest BCUT2D eigenvalue weighted by molar-refractivity contribution is -0.139. The van der Waals surface area contributed by atoms with Crippen LogP contribution in [0.1, 0.15) is 6.42 Å². The van der Waals surface area contributed by atoms with E-state index in [4.69, 9.17) is 9.84 Å². The number of methoxy groups -OCH3 is 1. The molecule has 0 saturated heterocycles. The van der Waals surface area contributed by atoms with Crippen LogP contribution in [0.4, 0.5) is 5.69 Å². The van der Waals surface area contributed by atoms with Gasteiger partial charge >= 0.3 is 5.97 Å². The highest BCUT2D eigenvalue weighted by atomic mass is 79.9. The first-order valence-corrected chi connectivity index (χ1v) is 6.18. The van der Waals surface area contributed by atoms with Gasteiger partial charge in [0.05, 0.1) is 24.1 Å². The van der Waals surface area contributed by atoms with Gasteiger partial charge in [0, 0.05) is 19.3 Å². The van der Waals surface area contributed by atoms with Gasteiger partial charge in [-0.25, -0.2) is 0 Å². The van der Waals surface area contributed by atoms with Crippen molar-refractivity contribution < 1.29 is 19.7 Å². The Kier molecular flexibility index (Phi) is 5.43. The molecule has 0 saturated carbocycles. The van der Waals surface area contributed by atoms with E-state index in [1.54, 1.807) is 25.1 Å². The monoisotopic (exact) mass is 317 g/mol. The van der Waals surface area contributed by atoms with Crippen LogP contribution in [0.2, 0.25) is 0 Å². The second kappa shape index (κ2) is 6.61. The topological polar surface area (TPSA) is 70.0 Å². The summed E-state index contributed by atoms with van der Waals surface area (Å²) in [5.41, 5.74) is 0.868. The lowest BCUT2D eigenvalue weighted by Gasteiger charge is -2.22. The van der Waals surface area contributed by atoms with Gasteiger partial charge in [-0.1, -0.05) is 0 Å². The number of hydrogen-bond donors (Lipinski definition) is 2. The van der Waals surface area contributed by atoms with Crippen LogP contribution in [-0.2, 0) is 4.79 Å². The van der Waals surface area contributed by atoms with Crippen LogP contribution in [0.15, 0.2) is 22.7 Å². The average Bonchev–Trinajstić information content (AvgIpc) is 2.27. The molecular formula is C12H16BrNO4. The van der Waals surface area contributed by atoms with Gasteiger partial charge in [0.2, 0.25) is 0 Å². The molecular weight excluding hydrogens is 302 g/mol. The molecule has 2 N–H and O–H groups in total. The summed E-state index contributed by atoms with van der Waals surface area (Å²) in [5.74, 6) is -0.287. The number of anilines is 1. The summed E-state index contributed by atoms with van der Waals surface area (Å²) in [6, 6.07) is 5.50. The number of aliphatic hydroxyl groups excluding tert-OH is 1. The van der Waals surface area contributed by atoms with Gasteiger partial charge in [-0.15, -0.1) is 0 Å². The molecule has 18 heavy (non-hydrogen) atoms. The smallest absolute Gasteiger partial charge is 0.306 e. The number of ether oxygens (including phenoxy) is 1. The minimum atomic E-state index is -1.01. The van der Waals surface area contributed by atoms with Crippen LogP contribution in [0.25, 0.3) is 0 Å². The molecule has 1 aromatic carbocycles. The van der Waals surface area contributed by atoms with E-state index in [0.29, 0.717) is 0 Å². The number of carboxylic acid groups (broad SMARTS) is 1. The van der Waals surface area contributed by atoms with Crippen molar-refractivity contribution in [1.29, 1.82) is 0 Å². The summed E-state index contributed by atoms with van der Waals surface area (Å²) in [6.45, 7) is 0.255. The summed E-state index contributed by atoms with van der Waals surface area (Å²) in [7, 11) is 3.37. The summed E-state index contributed by atoms with van der Waals surface area (Å²) in [6.07, 6.45) is -1.16. The predicted molar refractivity (Wildman–Crippen MR) is 72.2 cm³/mol. The third-order valence-corrected chi connectivity index (χ3v) is 3.09. The molecule has 0 heterocycles. The molecule has 0 amide bonds. The first-order valence-electron chi connectivity index (χ1n) is 5.38. The van der Waals surface area contributed by atoms with E-state index in [9.17, 15) is 9.90 Å². The van der Waals surface area contributed by atoms with E-state index in [-0.39, 0.29) is 13.0 Å². The molecule has 1 rings (SSSR count). The quantitative estimate of drug-likeness (QED) is 0.836. The van der Waals surface area contributed by atoms with Gasteiger partial charge in [-0.05, 0) is 34.1 Å². The largest absolute Gasteiger partial charge is 0.496 e. The number of benzene rings is 1. The number of carboxylic acids is 1. The molecule has 6 heteroatoms. The van der Waals surface area contributed by atoms with Crippen LogP contribution in [0, 0.1) is 0 Å². The van der Waals surface area contributed by atoms with E-state index >= 15 is 0 Å². The zero-order valence-electron chi connectivity index (χ0n) is 10.3. The minimum absolute atomic E-state index is 0.255. The van der Waals surface area contributed by atoms with Crippen LogP contribution in [-0.4, -0.2) is 43.0 Å². The standard InChI is InChI=1S/C12H16BrNO4/c1-14(7-9(15)6-12(16)17)8-3-4-11(18-2)10(13)5-8/h3-5,9,15H,6-7H2,1-2H3,(H,16,17). The molecule has 0 bridgehead atoms. The molecule has 0 spiro atoms. The maximum absolute atomic E-state index is 10.5. The summed E-state index contributed by atoms with van der Waals surface area (Å²) >= 11 is 3.37. The lowest BCUT2D eigenvalue weighted by Crippen LogP contribution is -2.30. The van der Waals surface area contributed by atoms with Gasteiger partial charge in [-0.3, -0.25) is 4.79 Å². The van der Waals surface area contributed by atoms with Gasteiger partial charge in [0.25, 0.3) is 0 Å². The number of aliphatic carboxylic acids is 1. The van der Waals surface area contributed by atoms with Crippen LogP contribution < -0.4 is 9.64 Å².